The first-order valence-electron chi connectivity index (χ1n) is 6.50. The maximum atomic E-state index is 12.1. The number of rotatable bonds is 4. The first-order valence-corrected chi connectivity index (χ1v) is 8.15. The van der Waals surface area contributed by atoms with Crippen molar-refractivity contribution in [1.29, 1.82) is 0 Å². The van der Waals surface area contributed by atoms with Gasteiger partial charge in [-0.15, -0.1) is 0 Å². The van der Waals surface area contributed by atoms with Crippen LogP contribution in [0.2, 0.25) is 0 Å². The van der Waals surface area contributed by atoms with E-state index in [2.05, 4.69) is 5.32 Å². The lowest BCUT2D eigenvalue weighted by Gasteiger charge is -2.16. The minimum absolute atomic E-state index is 0.0460. The molecule has 0 aromatic heterocycles. The number of hydrogen-bond acceptors (Lipinski definition) is 4. The van der Waals surface area contributed by atoms with Crippen molar-refractivity contribution in [1.82, 2.24) is 5.06 Å². The van der Waals surface area contributed by atoms with Crippen molar-refractivity contribution in [2.75, 3.05) is 11.2 Å². The predicted molar refractivity (Wildman–Crippen MR) is 82.3 cm³/mol. The molecule has 2 amide bonds. The summed E-state index contributed by atoms with van der Waals surface area (Å²) in [6.07, 6.45) is 0. The highest BCUT2D eigenvalue weighted by Gasteiger charge is 2.22. The Morgan fingerprint density at radius 3 is 2.27 bits per heavy atom. The Bertz CT molecular complexity index is 743. The zero-order valence-electron chi connectivity index (χ0n) is 11.9. The lowest BCUT2D eigenvalue weighted by Crippen LogP contribution is -2.36. The Morgan fingerprint density at radius 2 is 1.68 bits per heavy atom. The SMILES string of the molecule is Cc1ccc(S(=O)(=O)CN(O)C(=O)Nc2ccccc2)cc1. The van der Waals surface area contributed by atoms with Crippen molar-refractivity contribution in [3.8, 4) is 0 Å². The van der Waals surface area contributed by atoms with Crippen LogP contribution in [-0.4, -0.2) is 30.6 Å². The van der Waals surface area contributed by atoms with E-state index in [4.69, 9.17) is 0 Å². The Balaban J connectivity index is 2.05. The summed E-state index contributed by atoms with van der Waals surface area (Å²) in [7, 11) is -3.80. The topological polar surface area (TPSA) is 86.7 Å². The molecule has 0 saturated carbocycles. The lowest BCUT2D eigenvalue weighted by molar-refractivity contribution is -0.0202. The van der Waals surface area contributed by atoms with Gasteiger partial charge in [0.15, 0.2) is 15.7 Å². The molecule has 0 atom stereocenters. The first-order chi connectivity index (χ1) is 10.4. The number of hydrogen-bond donors (Lipinski definition) is 2. The average molecular weight is 320 g/mol. The second kappa shape index (κ2) is 6.59. The van der Waals surface area contributed by atoms with Gasteiger partial charge in [-0.25, -0.2) is 13.2 Å². The van der Waals surface area contributed by atoms with Gasteiger partial charge < -0.3 is 5.32 Å². The zero-order chi connectivity index (χ0) is 16.2. The molecule has 2 N–H and O–H groups in total. The fourth-order valence-corrected chi connectivity index (χ4v) is 2.89. The van der Waals surface area contributed by atoms with Crippen molar-refractivity contribution >= 4 is 21.6 Å². The van der Waals surface area contributed by atoms with Gasteiger partial charge >= 0.3 is 6.03 Å². The number of nitrogens with one attached hydrogen (secondary N) is 1. The molecule has 0 aliphatic heterocycles. The maximum absolute atomic E-state index is 12.1. The number of nitrogens with zero attached hydrogens (tertiary/aromatic N) is 1. The van der Waals surface area contributed by atoms with Crippen LogP contribution in [0.1, 0.15) is 5.56 Å². The number of amides is 2. The highest BCUT2D eigenvalue weighted by Crippen LogP contribution is 2.13. The normalized spacial score (nSPS) is 11.0. The highest BCUT2D eigenvalue weighted by molar-refractivity contribution is 7.91. The van der Waals surface area contributed by atoms with E-state index in [1.165, 1.54) is 12.1 Å². The van der Waals surface area contributed by atoms with E-state index in [9.17, 15) is 18.4 Å². The number of hydroxylamine groups is 2. The number of anilines is 1. The van der Waals surface area contributed by atoms with E-state index >= 15 is 0 Å². The standard InChI is InChI=1S/C15H16N2O4S/c1-12-7-9-14(10-8-12)22(20,21)11-17(19)15(18)16-13-5-3-2-4-6-13/h2-10,19H,11H2,1H3,(H,16,18). The van der Waals surface area contributed by atoms with Crippen molar-refractivity contribution in [3.05, 3.63) is 60.2 Å². The van der Waals surface area contributed by atoms with Gasteiger partial charge in [-0.3, -0.25) is 5.21 Å². The van der Waals surface area contributed by atoms with E-state index < -0.39 is 21.7 Å². The molecule has 6 nitrogen and oxygen atoms in total. The number of carbonyl (C=O) groups is 1. The van der Waals surface area contributed by atoms with Gasteiger partial charge in [0, 0.05) is 5.69 Å². The molecule has 2 aromatic carbocycles. The summed E-state index contributed by atoms with van der Waals surface area (Å²) in [5, 5.41) is 12.2. The maximum Gasteiger partial charge on any atom is 0.346 e. The summed E-state index contributed by atoms with van der Waals surface area (Å²) in [6, 6.07) is 13.7. The first kappa shape index (κ1) is 16.0. The predicted octanol–water partition coefficient (Wildman–Crippen LogP) is 2.65. The summed E-state index contributed by atoms with van der Waals surface area (Å²) in [5.74, 6) is -0.825. The van der Waals surface area contributed by atoms with E-state index in [-0.39, 0.29) is 9.96 Å². The Hall–Kier alpha value is -2.38. The van der Waals surface area contributed by atoms with Gasteiger partial charge in [0.2, 0.25) is 0 Å². The fourth-order valence-electron chi connectivity index (χ4n) is 1.75. The largest absolute Gasteiger partial charge is 0.346 e. The Morgan fingerprint density at radius 1 is 1.09 bits per heavy atom. The molecule has 0 radical (unpaired) electrons. The number of urea groups is 1. The number of aryl methyl sites for hydroxylation is 1. The molecule has 2 rings (SSSR count). The van der Waals surface area contributed by atoms with Gasteiger partial charge in [-0.2, -0.15) is 5.06 Å². The number of carbonyl (C=O) groups excluding carboxylic acids is 1. The van der Waals surface area contributed by atoms with Crippen molar-refractivity contribution < 1.29 is 18.4 Å². The third-order valence-corrected chi connectivity index (χ3v) is 4.51. The van der Waals surface area contributed by atoms with Crippen molar-refractivity contribution in [3.63, 3.8) is 0 Å². The minimum Gasteiger partial charge on any atom is -0.306 e. The molecule has 0 spiro atoms. The number of para-hydroxylation sites is 1. The summed E-state index contributed by atoms with van der Waals surface area (Å²) >= 11 is 0. The monoisotopic (exact) mass is 320 g/mol. The van der Waals surface area contributed by atoms with Crippen LogP contribution in [0, 0.1) is 6.92 Å². The summed E-state index contributed by atoms with van der Waals surface area (Å²) < 4.78 is 24.3. The van der Waals surface area contributed by atoms with Gasteiger partial charge in [0.25, 0.3) is 0 Å². The van der Waals surface area contributed by atoms with Crippen molar-refractivity contribution in [2.45, 2.75) is 11.8 Å². The van der Waals surface area contributed by atoms with Crippen LogP contribution in [0.15, 0.2) is 59.5 Å². The molecule has 22 heavy (non-hydrogen) atoms. The van der Waals surface area contributed by atoms with E-state index in [1.54, 1.807) is 42.5 Å². The molecule has 0 fully saturated rings. The molecule has 2 aromatic rings. The van der Waals surface area contributed by atoms with E-state index in [0.717, 1.165) is 5.56 Å². The average Bonchev–Trinajstić information content (AvgIpc) is 2.48. The Kier molecular flexibility index (Phi) is 4.79. The van der Waals surface area contributed by atoms with Crippen LogP contribution < -0.4 is 5.32 Å². The molecule has 0 bridgehead atoms. The molecule has 7 heteroatoms. The molecule has 0 heterocycles. The minimum atomic E-state index is -3.80. The van der Waals surface area contributed by atoms with Crippen LogP contribution in [0.3, 0.4) is 0 Å². The van der Waals surface area contributed by atoms with Crippen LogP contribution in [0.25, 0.3) is 0 Å². The molecular weight excluding hydrogens is 304 g/mol. The smallest absolute Gasteiger partial charge is 0.306 e. The molecule has 0 unspecified atom stereocenters. The second-order valence-electron chi connectivity index (χ2n) is 4.75. The molecule has 0 saturated heterocycles. The van der Waals surface area contributed by atoms with Gasteiger partial charge in [0.05, 0.1) is 4.90 Å². The van der Waals surface area contributed by atoms with Crippen LogP contribution >= 0.6 is 0 Å². The second-order valence-corrected chi connectivity index (χ2v) is 6.71. The highest BCUT2D eigenvalue weighted by atomic mass is 32.2. The number of benzene rings is 2. The van der Waals surface area contributed by atoms with Crippen molar-refractivity contribution in [2.24, 2.45) is 0 Å². The lowest BCUT2D eigenvalue weighted by atomic mass is 10.2. The van der Waals surface area contributed by atoms with Crippen LogP contribution in [0.5, 0.6) is 0 Å². The third-order valence-electron chi connectivity index (χ3n) is 2.93. The van der Waals surface area contributed by atoms with Gasteiger partial charge in [0.1, 0.15) is 0 Å². The molecular formula is C15H16N2O4S. The van der Waals surface area contributed by atoms with Crippen LogP contribution in [-0.2, 0) is 9.84 Å². The summed E-state index contributed by atoms with van der Waals surface area (Å²) in [5.41, 5.74) is 1.38. The summed E-state index contributed by atoms with van der Waals surface area (Å²) in [6.45, 7) is 1.84. The van der Waals surface area contributed by atoms with Gasteiger partial charge in [-0.05, 0) is 31.2 Å². The molecule has 0 aliphatic rings. The quantitative estimate of drug-likeness (QED) is 0.670. The molecule has 0 aliphatic carbocycles. The zero-order valence-corrected chi connectivity index (χ0v) is 12.7. The summed E-state index contributed by atoms with van der Waals surface area (Å²) in [4.78, 5) is 11.8. The van der Waals surface area contributed by atoms with E-state index in [0.29, 0.717) is 5.69 Å². The fraction of sp³-hybridized carbons (Fsp3) is 0.133. The van der Waals surface area contributed by atoms with E-state index in [1.807, 2.05) is 6.92 Å². The third kappa shape index (κ3) is 4.06. The van der Waals surface area contributed by atoms with Crippen LogP contribution in [0.4, 0.5) is 10.5 Å². The number of sulfone groups is 1. The molecule has 116 valence electrons. The van der Waals surface area contributed by atoms with Gasteiger partial charge in [-0.1, -0.05) is 35.9 Å². The Labute approximate surface area is 128 Å².